The van der Waals surface area contributed by atoms with E-state index in [1.54, 1.807) is 30.3 Å². The third-order valence-corrected chi connectivity index (χ3v) is 3.23. The fourth-order valence-electron chi connectivity index (χ4n) is 1.61. The Morgan fingerprint density at radius 1 is 1.32 bits per heavy atom. The van der Waals surface area contributed by atoms with Crippen LogP contribution in [-0.2, 0) is 9.36 Å². The van der Waals surface area contributed by atoms with Gasteiger partial charge in [0.25, 0.3) is 0 Å². The van der Waals surface area contributed by atoms with E-state index < -0.39 is 31.7 Å². The Labute approximate surface area is 110 Å². The monoisotopic (exact) mass is 285 g/mol. The lowest BCUT2D eigenvalue weighted by atomic mass is 9.91. The first-order valence-corrected chi connectivity index (χ1v) is 7.35. The third kappa shape index (κ3) is 5.36. The summed E-state index contributed by atoms with van der Waals surface area (Å²) in [7, 11) is -4.14. The first kappa shape index (κ1) is 15.6. The summed E-state index contributed by atoms with van der Waals surface area (Å²) in [4.78, 5) is 28.5. The van der Waals surface area contributed by atoms with Crippen molar-refractivity contribution in [2.24, 2.45) is 5.73 Å². The molecule has 0 unspecified atom stereocenters. The molecule has 0 radical (unpaired) electrons. The van der Waals surface area contributed by atoms with Gasteiger partial charge in [0.1, 0.15) is 6.04 Å². The van der Waals surface area contributed by atoms with Crippen LogP contribution in [0, 0.1) is 0 Å². The topological polar surface area (TPSA) is 121 Å². The van der Waals surface area contributed by atoms with Crippen molar-refractivity contribution in [2.45, 2.75) is 12.0 Å². The normalized spacial score (nSPS) is 15.3. The van der Waals surface area contributed by atoms with Crippen LogP contribution in [0.15, 0.2) is 42.5 Å². The predicted molar refractivity (Wildman–Crippen MR) is 70.8 cm³/mol. The molecule has 1 aromatic carbocycles. The summed E-state index contributed by atoms with van der Waals surface area (Å²) in [5.74, 6) is -1.81. The Morgan fingerprint density at radius 2 is 1.89 bits per heavy atom. The lowest BCUT2D eigenvalue weighted by Crippen LogP contribution is -2.35. The SMILES string of the molecule is N[C@@H](C(=O)O)[C@@H](/C=C/CP(=O)(O)O)c1ccccc1. The van der Waals surface area contributed by atoms with Crippen LogP contribution in [0.5, 0.6) is 0 Å². The number of nitrogens with two attached hydrogens (primary N) is 1. The van der Waals surface area contributed by atoms with Gasteiger partial charge in [-0.2, -0.15) is 0 Å². The van der Waals surface area contributed by atoms with E-state index in [0.717, 1.165) is 0 Å². The maximum Gasteiger partial charge on any atom is 0.329 e. The molecule has 1 rings (SSSR count). The van der Waals surface area contributed by atoms with E-state index in [2.05, 4.69) is 0 Å². The van der Waals surface area contributed by atoms with Gasteiger partial charge in [-0.1, -0.05) is 42.5 Å². The molecule has 19 heavy (non-hydrogen) atoms. The number of carboxylic acids is 1. The number of hydrogen-bond donors (Lipinski definition) is 4. The van der Waals surface area contributed by atoms with Crippen molar-refractivity contribution < 1.29 is 24.3 Å². The zero-order chi connectivity index (χ0) is 14.5. The first-order chi connectivity index (χ1) is 8.81. The predicted octanol–water partition coefficient (Wildman–Crippen LogP) is 0.916. The summed E-state index contributed by atoms with van der Waals surface area (Å²) in [5, 5.41) is 8.96. The van der Waals surface area contributed by atoms with Crippen LogP contribution in [-0.4, -0.2) is 33.1 Å². The second-order valence-corrected chi connectivity index (χ2v) is 5.77. The van der Waals surface area contributed by atoms with E-state index in [1.165, 1.54) is 12.2 Å². The van der Waals surface area contributed by atoms with Gasteiger partial charge in [-0.05, 0) is 5.56 Å². The van der Waals surface area contributed by atoms with Crippen molar-refractivity contribution >= 4 is 13.6 Å². The molecule has 6 nitrogen and oxygen atoms in total. The Kier molecular flexibility index (Phi) is 5.44. The van der Waals surface area contributed by atoms with Crippen LogP contribution >= 0.6 is 7.60 Å². The van der Waals surface area contributed by atoms with Crippen molar-refractivity contribution in [1.82, 2.24) is 0 Å². The highest BCUT2D eigenvalue weighted by molar-refractivity contribution is 7.51. The molecule has 1 aromatic rings. The highest BCUT2D eigenvalue weighted by Crippen LogP contribution is 2.34. The van der Waals surface area contributed by atoms with E-state index in [0.29, 0.717) is 5.56 Å². The Hall–Kier alpha value is -1.46. The van der Waals surface area contributed by atoms with Crippen LogP contribution in [0.3, 0.4) is 0 Å². The van der Waals surface area contributed by atoms with Gasteiger partial charge >= 0.3 is 13.6 Å². The number of allylic oxidation sites excluding steroid dienone is 1. The van der Waals surface area contributed by atoms with Gasteiger partial charge in [-0.3, -0.25) is 9.36 Å². The van der Waals surface area contributed by atoms with Gasteiger partial charge in [0.15, 0.2) is 0 Å². The van der Waals surface area contributed by atoms with Gasteiger partial charge in [-0.25, -0.2) is 0 Å². The maximum atomic E-state index is 11.0. The lowest BCUT2D eigenvalue weighted by Gasteiger charge is -2.17. The van der Waals surface area contributed by atoms with Gasteiger partial charge < -0.3 is 20.6 Å². The summed E-state index contributed by atoms with van der Waals surface area (Å²) < 4.78 is 10.7. The molecule has 0 saturated heterocycles. The molecule has 2 atom stereocenters. The molecule has 0 spiro atoms. The third-order valence-electron chi connectivity index (χ3n) is 2.54. The van der Waals surface area contributed by atoms with E-state index in [4.69, 9.17) is 20.6 Å². The molecule has 0 saturated carbocycles. The molecule has 0 fully saturated rings. The van der Waals surface area contributed by atoms with Crippen LogP contribution in [0.2, 0.25) is 0 Å². The van der Waals surface area contributed by atoms with Crippen molar-refractivity contribution in [3.8, 4) is 0 Å². The molecule has 7 heteroatoms. The van der Waals surface area contributed by atoms with Crippen LogP contribution < -0.4 is 5.73 Å². The molecule has 0 aliphatic heterocycles. The van der Waals surface area contributed by atoms with Crippen LogP contribution in [0.25, 0.3) is 0 Å². The highest BCUT2D eigenvalue weighted by atomic mass is 31.2. The van der Waals surface area contributed by atoms with Crippen LogP contribution in [0.1, 0.15) is 11.5 Å². The molecule has 104 valence electrons. The van der Waals surface area contributed by atoms with Gasteiger partial charge in [0.05, 0.1) is 6.16 Å². The van der Waals surface area contributed by atoms with Crippen molar-refractivity contribution in [1.29, 1.82) is 0 Å². The lowest BCUT2D eigenvalue weighted by molar-refractivity contribution is -0.138. The average Bonchev–Trinajstić information content (AvgIpc) is 2.33. The zero-order valence-corrected chi connectivity index (χ0v) is 11.0. The number of carboxylic acid groups (broad SMARTS) is 1. The molecule has 0 aromatic heterocycles. The summed E-state index contributed by atoms with van der Waals surface area (Å²) in [5.41, 5.74) is 6.28. The number of aliphatic carboxylic acids is 1. The maximum absolute atomic E-state index is 11.0. The molecule has 0 bridgehead atoms. The first-order valence-electron chi connectivity index (χ1n) is 5.56. The summed E-state index contributed by atoms with van der Waals surface area (Å²) >= 11 is 0. The Balaban J connectivity index is 2.94. The minimum Gasteiger partial charge on any atom is -0.480 e. The molecule has 0 heterocycles. The van der Waals surface area contributed by atoms with Gasteiger partial charge in [-0.15, -0.1) is 0 Å². The van der Waals surface area contributed by atoms with E-state index >= 15 is 0 Å². The van der Waals surface area contributed by atoms with Crippen molar-refractivity contribution in [3.63, 3.8) is 0 Å². The van der Waals surface area contributed by atoms with E-state index in [1.807, 2.05) is 0 Å². The fourth-order valence-corrected chi connectivity index (χ4v) is 2.01. The number of carbonyl (C=O) groups is 1. The van der Waals surface area contributed by atoms with Gasteiger partial charge in [0, 0.05) is 5.92 Å². The average molecular weight is 285 g/mol. The second kappa shape index (κ2) is 6.63. The zero-order valence-electron chi connectivity index (χ0n) is 10.1. The van der Waals surface area contributed by atoms with Crippen molar-refractivity contribution in [2.75, 3.05) is 6.16 Å². The summed E-state index contributed by atoms with van der Waals surface area (Å²) in [6.45, 7) is 0. The van der Waals surface area contributed by atoms with E-state index in [9.17, 15) is 9.36 Å². The number of hydrogen-bond acceptors (Lipinski definition) is 3. The summed E-state index contributed by atoms with van der Waals surface area (Å²) in [6, 6.07) is 7.54. The number of benzene rings is 1. The molecular formula is C12H16NO5P. The molecule has 0 aliphatic carbocycles. The summed E-state index contributed by atoms with van der Waals surface area (Å²) in [6.07, 6.45) is 2.25. The van der Waals surface area contributed by atoms with E-state index in [-0.39, 0.29) is 0 Å². The largest absolute Gasteiger partial charge is 0.480 e. The Bertz CT molecular complexity index is 496. The standard InChI is InChI=1S/C12H16NO5P/c13-11(12(14)15)10(7-4-8-19(16,17)18)9-5-2-1-3-6-9/h1-7,10-11H,8,13H2,(H,14,15)(H2,16,17,18)/b7-4+/t10-,11+/m0/s1. The minimum absolute atomic E-state index is 0.442. The van der Waals surface area contributed by atoms with Crippen LogP contribution in [0.4, 0.5) is 0 Å². The molecule has 5 N–H and O–H groups in total. The van der Waals surface area contributed by atoms with Gasteiger partial charge in [0.2, 0.25) is 0 Å². The minimum atomic E-state index is -4.14. The quantitative estimate of drug-likeness (QED) is 0.455. The Morgan fingerprint density at radius 3 is 2.37 bits per heavy atom. The second-order valence-electron chi connectivity index (χ2n) is 4.08. The fraction of sp³-hybridized carbons (Fsp3) is 0.250. The molecule has 0 aliphatic rings. The smallest absolute Gasteiger partial charge is 0.329 e. The highest BCUT2D eigenvalue weighted by Gasteiger charge is 2.23. The van der Waals surface area contributed by atoms with Crippen molar-refractivity contribution in [3.05, 3.63) is 48.0 Å². The number of rotatable bonds is 6. The molecule has 0 amide bonds. The molecular weight excluding hydrogens is 269 g/mol.